The van der Waals surface area contributed by atoms with Crippen LogP contribution in [-0.4, -0.2) is 29.3 Å². The molecule has 0 saturated heterocycles. The zero-order chi connectivity index (χ0) is 27.1. The molecule has 0 aliphatic carbocycles. The average Bonchev–Trinajstić information content (AvgIpc) is 3.18. The number of rotatable bonds is 9. The van der Waals surface area contributed by atoms with Gasteiger partial charge >= 0.3 is 5.97 Å². The monoisotopic (exact) mass is 593 g/mol. The molecule has 0 aromatic heterocycles. The molecular weight excluding hydrogens is 566 g/mol. The summed E-state index contributed by atoms with van der Waals surface area (Å²) in [6, 6.07) is 21.1. The summed E-state index contributed by atoms with van der Waals surface area (Å²) < 4.78 is 17.9. The molecule has 6 nitrogen and oxygen atoms in total. The maximum atomic E-state index is 12.7. The van der Waals surface area contributed by atoms with Crippen LogP contribution in [0.3, 0.4) is 0 Å². The van der Waals surface area contributed by atoms with Crippen LogP contribution in [0, 0.1) is 6.92 Å². The van der Waals surface area contributed by atoms with Crippen LogP contribution in [0.4, 0.5) is 5.69 Å². The van der Waals surface area contributed by atoms with Crippen molar-refractivity contribution in [2.75, 3.05) is 13.2 Å². The van der Waals surface area contributed by atoms with E-state index in [1.807, 2.05) is 74.5 Å². The lowest BCUT2D eigenvalue weighted by molar-refractivity contribution is -0.138. The van der Waals surface area contributed by atoms with Gasteiger partial charge in [0.1, 0.15) is 23.0 Å². The Bertz CT molecular complexity index is 1420. The number of para-hydroxylation sites is 1. The van der Waals surface area contributed by atoms with Gasteiger partial charge in [0.05, 0.1) is 28.3 Å². The largest absolute Gasteiger partial charge is 0.506 e. The SMILES string of the molecule is CCOC(=O)C1=C(O)/C(=C/c2cc(Br)c(OCc3cccc(C)c3)c(OCC)c2)SC1=Nc1ccccc1. The van der Waals surface area contributed by atoms with Gasteiger partial charge in [-0.2, -0.15) is 0 Å². The highest BCUT2D eigenvalue weighted by molar-refractivity contribution is 9.10. The third kappa shape index (κ3) is 6.68. The van der Waals surface area contributed by atoms with Gasteiger partial charge in [-0.3, -0.25) is 0 Å². The summed E-state index contributed by atoms with van der Waals surface area (Å²) in [4.78, 5) is 17.8. The van der Waals surface area contributed by atoms with Gasteiger partial charge in [-0.05, 0) is 78.2 Å². The van der Waals surface area contributed by atoms with Crippen molar-refractivity contribution in [3.8, 4) is 11.5 Å². The molecule has 3 aromatic carbocycles. The fraction of sp³-hybridized carbons (Fsp3) is 0.200. The van der Waals surface area contributed by atoms with E-state index in [0.29, 0.717) is 44.8 Å². The van der Waals surface area contributed by atoms with Crippen LogP contribution in [0.15, 0.2) is 92.4 Å². The van der Waals surface area contributed by atoms with Gasteiger partial charge in [0.25, 0.3) is 0 Å². The first-order chi connectivity index (χ1) is 18.4. The Morgan fingerprint density at radius 1 is 1.03 bits per heavy atom. The van der Waals surface area contributed by atoms with Gasteiger partial charge in [-0.15, -0.1) is 0 Å². The number of aliphatic hydroxyl groups is 1. The lowest BCUT2D eigenvalue weighted by Crippen LogP contribution is -2.12. The predicted octanol–water partition coefficient (Wildman–Crippen LogP) is 7.93. The fourth-order valence-electron chi connectivity index (χ4n) is 3.79. The number of benzene rings is 3. The standard InChI is InChI=1S/C30H28BrNO5S/c1-4-35-24-16-21(15-23(31)28(24)37-18-20-11-9-10-19(3)14-20)17-25-27(33)26(30(34)36-5-2)29(38-25)32-22-12-7-6-8-13-22/h6-17,33H,4-5,18H2,1-3H3/b25-17-,32-29?. The summed E-state index contributed by atoms with van der Waals surface area (Å²) in [5.74, 6) is 0.369. The molecule has 1 aliphatic heterocycles. The summed E-state index contributed by atoms with van der Waals surface area (Å²) in [6.07, 6.45) is 1.78. The first-order valence-corrected chi connectivity index (χ1v) is 13.8. The molecule has 4 rings (SSSR count). The molecule has 196 valence electrons. The van der Waals surface area contributed by atoms with Crippen LogP contribution in [0.25, 0.3) is 6.08 Å². The minimum Gasteiger partial charge on any atom is -0.506 e. The number of aliphatic hydroxyl groups excluding tert-OH is 1. The number of aliphatic imine (C=N–C) groups is 1. The summed E-state index contributed by atoms with van der Waals surface area (Å²) in [6.45, 7) is 6.70. The van der Waals surface area contributed by atoms with Gasteiger partial charge < -0.3 is 19.3 Å². The number of ether oxygens (including phenoxy) is 3. The van der Waals surface area contributed by atoms with Crippen molar-refractivity contribution >= 4 is 50.5 Å². The molecule has 0 saturated carbocycles. The Balaban J connectivity index is 1.68. The van der Waals surface area contributed by atoms with Crippen LogP contribution in [0.1, 0.15) is 30.5 Å². The lowest BCUT2D eigenvalue weighted by atomic mass is 10.1. The second-order valence-corrected chi connectivity index (χ2v) is 10.2. The molecule has 0 atom stereocenters. The summed E-state index contributed by atoms with van der Waals surface area (Å²) in [5, 5.41) is 11.4. The van der Waals surface area contributed by atoms with E-state index in [-0.39, 0.29) is 17.9 Å². The van der Waals surface area contributed by atoms with Crippen molar-refractivity contribution in [2.24, 2.45) is 4.99 Å². The van der Waals surface area contributed by atoms with Crippen LogP contribution in [0.5, 0.6) is 11.5 Å². The normalized spacial score (nSPS) is 15.3. The van der Waals surface area contributed by atoms with Gasteiger partial charge in [0, 0.05) is 0 Å². The molecule has 1 aliphatic rings. The molecule has 1 heterocycles. The highest BCUT2D eigenvalue weighted by atomic mass is 79.9. The van der Waals surface area contributed by atoms with Crippen LogP contribution in [-0.2, 0) is 16.1 Å². The summed E-state index contributed by atoms with van der Waals surface area (Å²) in [5.41, 5.74) is 3.69. The van der Waals surface area contributed by atoms with E-state index in [4.69, 9.17) is 14.2 Å². The van der Waals surface area contributed by atoms with Gasteiger partial charge in [-0.1, -0.05) is 59.8 Å². The predicted molar refractivity (Wildman–Crippen MR) is 156 cm³/mol. The summed E-state index contributed by atoms with van der Waals surface area (Å²) in [7, 11) is 0. The molecule has 0 spiro atoms. The Morgan fingerprint density at radius 2 is 1.82 bits per heavy atom. The number of esters is 1. The van der Waals surface area contributed by atoms with Crippen LogP contribution < -0.4 is 9.47 Å². The Kier molecular flexibility index (Phi) is 9.31. The Morgan fingerprint density at radius 3 is 2.53 bits per heavy atom. The first-order valence-electron chi connectivity index (χ1n) is 12.2. The number of aryl methyl sites for hydroxylation is 1. The zero-order valence-electron chi connectivity index (χ0n) is 21.4. The van der Waals surface area contributed by atoms with E-state index in [0.717, 1.165) is 16.7 Å². The molecule has 0 bridgehead atoms. The van der Waals surface area contributed by atoms with Crippen LogP contribution in [0.2, 0.25) is 0 Å². The van der Waals surface area contributed by atoms with E-state index in [1.54, 1.807) is 13.0 Å². The second-order valence-electron chi connectivity index (χ2n) is 8.35. The average molecular weight is 595 g/mol. The molecular formula is C30H28BrNO5S. The minimum atomic E-state index is -0.619. The Hall–Kier alpha value is -3.49. The number of carbonyl (C=O) groups excluding carboxylic acids is 1. The number of carbonyl (C=O) groups is 1. The molecule has 0 fully saturated rings. The molecule has 0 amide bonds. The third-order valence-electron chi connectivity index (χ3n) is 5.45. The minimum absolute atomic E-state index is 0.0501. The van der Waals surface area contributed by atoms with Crippen molar-refractivity contribution < 1.29 is 24.1 Å². The number of nitrogens with zero attached hydrogens (tertiary/aromatic N) is 1. The van der Waals surface area contributed by atoms with E-state index in [1.165, 1.54) is 11.8 Å². The van der Waals surface area contributed by atoms with Crippen molar-refractivity contribution in [3.05, 3.63) is 104 Å². The molecule has 0 unspecified atom stereocenters. The van der Waals surface area contributed by atoms with Crippen LogP contribution >= 0.6 is 27.7 Å². The maximum absolute atomic E-state index is 12.7. The molecule has 0 radical (unpaired) electrons. The number of thioether (sulfide) groups is 1. The number of halogens is 1. The smallest absolute Gasteiger partial charge is 0.344 e. The third-order valence-corrected chi connectivity index (χ3v) is 7.06. The van der Waals surface area contributed by atoms with Crippen molar-refractivity contribution in [2.45, 2.75) is 27.4 Å². The molecule has 38 heavy (non-hydrogen) atoms. The summed E-state index contributed by atoms with van der Waals surface area (Å²) >= 11 is 4.83. The molecule has 8 heteroatoms. The van der Waals surface area contributed by atoms with E-state index < -0.39 is 5.97 Å². The van der Waals surface area contributed by atoms with Gasteiger partial charge in [0.15, 0.2) is 11.5 Å². The van der Waals surface area contributed by atoms with Crippen molar-refractivity contribution in [1.29, 1.82) is 0 Å². The number of hydrogen-bond donors (Lipinski definition) is 1. The second kappa shape index (κ2) is 12.8. The molecule has 1 N–H and O–H groups in total. The quantitative estimate of drug-likeness (QED) is 0.254. The maximum Gasteiger partial charge on any atom is 0.344 e. The van der Waals surface area contributed by atoms with E-state index in [2.05, 4.69) is 27.0 Å². The lowest BCUT2D eigenvalue weighted by Gasteiger charge is -2.15. The van der Waals surface area contributed by atoms with Gasteiger partial charge in [-0.25, -0.2) is 9.79 Å². The van der Waals surface area contributed by atoms with Gasteiger partial charge in [0.2, 0.25) is 0 Å². The topological polar surface area (TPSA) is 77.4 Å². The molecule has 3 aromatic rings. The first kappa shape index (κ1) is 27.5. The van der Waals surface area contributed by atoms with Crippen molar-refractivity contribution in [1.82, 2.24) is 0 Å². The number of hydrogen-bond acceptors (Lipinski definition) is 7. The van der Waals surface area contributed by atoms with E-state index >= 15 is 0 Å². The zero-order valence-corrected chi connectivity index (χ0v) is 23.8. The Labute approximate surface area is 235 Å². The van der Waals surface area contributed by atoms with E-state index in [9.17, 15) is 9.90 Å². The highest BCUT2D eigenvalue weighted by Gasteiger charge is 2.33. The van der Waals surface area contributed by atoms with Crippen molar-refractivity contribution in [3.63, 3.8) is 0 Å². The fourth-order valence-corrected chi connectivity index (χ4v) is 5.40. The highest BCUT2D eigenvalue weighted by Crippen LogP contribution is 2.42.